The summed E-state index contributed by atoms with van der Waals surface area (Å²) in [6, 6.07) is 5.07. The first-order valence-corrected chi connectivity index (χ1v) is 8.16. The molecule has 0 radical (unpaired) electrons. The molecule has 1 fully saturated rings. The van der Waals surface area contributed by atoms with E-state index in [0.29, 0.717) is 12.2 Å². The molecule has 0 spiro atoms. The van der Waals surface area contributed by atoms with E-state index in [4.69, 9.17) is 10.5 Å². The van der Waals surface area contributed by atoms with E-state index in [1.54, 1.807) is 4.90 Å². The van der Waals surface area contributed by atoms with Crippen molar-refractivity contribution >= 4 is 11.8 Å². The lowest BCUT2D eigenvalue weighted by molar-refractivity contribution is 0.00689. The summed E-state index contributed by atoms with van der Waals surface area (Å²) in [5.74, 6) is -1.72. The number of nitrogens with zero attached hydrogens (tertiary/aromatic N) is 2. The van der Waals surface area contributed by atoms with Crippen LogP contribution in [0, 0.1) is 5.82 Å². The first-order chi connectivity index (χ1) is 12.4. The SMILES string of the molecule is C[C@@H]1COC2Cn3cc(C(N)=O)c(=O)c(-c4ccc(F)cc4)c3C(=O)N21. The van der Waals surface area contributed by atoms with Crippen LogP contribution in [0.25, 0.3) is 11.1 Å². The summed E-state index contributed by atoms with van der Waals surface area (Å²) in [6.45, 7) is 2.53. The van der Waals surface area contributed by atoms with Gasteiger partial charge in [-0.05, 0) is 24.6 Å². The molecule has 4 rings (SSSR count). The van der Waals surface area contributed by atoms with E-state index in [1.807, 2.05) is 6.92 Å². The Morgan fingerprint density at radius 1 is 1.27 bits per heavy atom. The van der Waals surface area contributed by atoms with Gasteiger partial charge < -0.3 is 19.9 Å². The summed E-state index contributed by atoms with van der Waals surface area (Å²) in [5.41, 5.74) is 5.03. The molecular weight excluding hydrogens is 341 g/mol. The summed E-state index contributed by atoms with van der Waals surface area (Å²) < 4.78 is 20.5. The van der Waals surface area contributed by atoms with Crippen molar-refractivity contribution in [2.24, 2.45) is 5.73 Å². The van der Waals surface area contributed by atoms with Gasteiger partial charge >= 0.3 is 0 Å². The molecule has 0 saturated carbocycles. The number of aromatic nitrogens is 1. The maximum Gasteiger partial charge on any atom is 0.273 e. The second kappa shape index (κ2) is 5.77. The molecule has 8 heteroatoms. The molecule has 26 heavy (non-hydrogen) atoms. The summed E-state index contributed by atoms with van der Waals surface area (Å²) >= 11 is 0. The Kier molecular flexibility index (Phi) is 3.66. The van der Waals surface area contributed by atoms with Crippen molar-refractivity contribution in [3.63, 3.8) is 0 Å². The van der Waals surface area contributed by atoms with Crippen molar-refractivity contribution in [3.05, 3.63) is 57.8 Å². The highest BCUT2D eigenvalue weighted by atomic mass is 19.1. The van der Waals surface area contributed by atoms with Crippen LogP contribution in [0.3, 0.4) is 0 Å². The molecule has 1 aromatic heterocycles. The van der Waals surface area contributed by atoms with Gasteiger partial charge in [0.1, 0.15) is 17.1 Å². The number of fused-ring (bicyclic) bond motifs is 2. The molecule has 3 heterocycles. The monoisotopic (exact) mass is 357 g/mol. The second-order valence-corrected chi connectivity index (χ2v) is 6.47. The molecule has 2 aliphatic heterocycles. The van der Waals surface area contributed by atoms with Crippen molar-refractivity contribution in [1.29, 1.82) is 0 Å². The van der Waals surface area contributed by atoms with Crippen LogP contribution in [-0.4, -0.2) is 40.2 Å². The van der Waals surface area contributed by atoms with Gasteiger partial charge in [-0.2, -0.15) is 0 Å². The van der Waals surface area contributed by atoms with Gasteiger partial charge in [0.2, 0.25) is 5.43 Å². The minimum atomic E-state index is -0.885. The number of ether oxygens (including phenoxy) is 1. The molecule has 2 N–H and O–H groups in total. The minimum absolute atomic E-state index is 0.0452. The van der Waals surface area contributed by atoms with Crippen LogP contribution >= 0.6 is 0 Å². The van der Waals surface area contributed by atoms with Gasteiger partial charge in [-0.1, -0.05) is 12.1 Å². The Morgan fingerprint density at radius 3 is 2.62 bits per heavy atom. The number of nitrogens with two attached hydrogens (primary N) is 1. The van der Waals surface area contributed by atoms with E-state index in [9.17, 15) is 18.8 Å². The van der Waals surface area contributed by atoms with Gasteiger partial charge in [-0.25, -0.2) is 4.39 Å². The maximum atomic E-state index is 13.3. The van der Waals surface area contributed by atoms with Gasteiger partial charge in [-0.15, -0.1) is 0 Å². The van der Waals surface area contributed by atoms with Crippen LogP contribution < -0.4 is 11.2 Å². The topological polar surface area (TPSA) is 94.6 Å². The first kappa shape index (κ1) is 16.5. The van der Waals surface area contributed by atoms with Crippen molar-refractivity contribution in [1.82, 2.24) is 9.47 Å². The molecule has 2 amide bonds. The van der Waals surface area contributed by atoms with Crippen LogP contribution in [0.4, 0.5) is 4.39 Å². The quantitative estimate of drug-likeness (QED) is 0.866. The minimum Gasteiger partial charge on any atom is -0.365 e. The Morgan fingerprint density at radius 2 is 1.96 bits per heavy atom. The zero-order chi connectivity index (χ0) is 18.6. The number of hydrogen-bond acceptors (Lipinski definition) is 4. The highest BCUT2D eigenvalue weighted by Crippen LogP contribution is 2.31. The van der Waals surface area contributed by atoms with E-state index in [0.717, 1.165) is 0 Å². The molecule has 7 nitrogen and oxygen atoms in total. The number of carbonyl (C=O) groups is 2. The number of rotatable bonds is 2. The van der Waals surface area contributed by atoms with E-state index in [2.05, 4.69) is 0 Å². The lowest BCUT2D eigenvalue weighted by Crippen LogP contribution is -2.49. The standard InChI is InChI=1S/C18H16FN3O4/c1-9-8-26-13-7-21-6-12(17(20)24)16(23)14(15(21)18(25)22(9)13)10-2-4-11(19)5-3-10/h2-6,9,13H,7-8H2,1H3,(H2,20,24)/t9-,13?/m1/s1. The molecule has 2 atom stereocenters. The summed E-state index contributed by atoms with van der Waals surface area (Å²) in [4.78, 5) is 39.3. The lowest BCUT2D eigenvalue weighted by atomic mass is 9.98. The number of benzene rings is 1. The van der Waals surface area contributed by atoms with Crippen molar-refractivity contribution < 1.29 is 18.7 Å². The Labute approximate surface area is 147 Å². The number of pyridine rings is 1. The third-order valence-corrected chi connectivity index (χ3v) is 4.78. The van der Waals surface area contributed by atoms with Gasteiger partial charge in [0.25, 0.3) is 11.8 Å². The van der Waals surface area contributed by atoms with Crippen molar-refractivity contribution in [2.75, 3.05) is 6.61 Å². The van der Waals surface area contributed by atoms with Crippen molar-refractivity contribution in [2.45, 2.75) is 25.7 Å². The number of primary amides is 1. The number of halogens is 1. The number of hydrogen-bond donors (Lipinski definition) is 1. The van der Waals surface area contributed by atoms with E-state index < -0.39 is 23.4 Å². The summed E-state index contributed by atoms with van der Waals surface area (Å²) in [5, 5.41) is 0. The average molecular weight is 357 g/mol. The maximum absolute atomic E-state index is 13.3. The summed E-state index contributed by atoms with van der Waals surface area (Å²) in [7, 11) is 0. The fourth-order valence-electron chi connectivity index (χ4n) is 3.56. The molecular formula is C18H16FN3O4. The van der Waals surface area contributed by atoms with Gasteiger partial charge in [0.15, 0.2) is 6.23 Å². The van der Waals surface area contributed by atoms with Gasteiger partial charge in [0.05, 0.1) is 24.8 Å². The molecule has 134 valence electrons. The molecule has 2 aromatic rings. The number of carbonyl (C=O) groups excluding carboxylic acids is 2. The molecule has 1 unspecified atom stereocenters. The Balaban J connectivity index is 2.01. The Bertz CT molecular complexity index is 983. The first-order valence-electron chi connectivity index (χ1n) is 8.16. The molecule has 1 saturated heterocycles. The largest absolute Gasteiger partial charge is 0.365 e. The third-order valence-electron chi connectivity index (χ3n) is 4.78. The third kappa shape index (κ3) is 2.33. The lowest BCUT2D eigenvalue weighted by Gasteiger charge is -2.34. The predicted octanol–water partition coefficient (Wildman–Crippen LogP) is 0.954. The predicted molar refractivity (Wildman–Crippen MR) is 90.0 cm³/mol. The molecule has 0 aliphatic carbocycles. The van der Waals surface area contributed by atoms with Crippen LogP contribution in [0.2, 0.25) is 0 Å². The average Bonchev–Trinajstić information content (AvgIpc) is 2.97. The van der Waals surface area contributed by atoms with Crippen molar-refractivity contribution in [3.8, 4) is 11.1 Å². The van der Waals surface area contributed by atoms with E-state index >= 15 is 0 Å². The fourth-order valence-corrected chi connectivity index (χ4v) is 3.56. The van der Waals surface area contributed by atoms with Crippen LogP contribution in [0.1, 0.15) is 27.8 Å². The normalized spacial score (nSPS) is 21.5. The highest BCUT2D eigenvalue weighted by Gasteiger charge is 2.42. The Hall–Kier alpha value is -3.00. The van der Waals surface area contributed by atoms with E-state index in [-0.39, 0.29) is 35.3 Å². The van der Waals surface area contributed by atoms with Gasteiger partial charge in [-0.3, -0.25) is 14.4 Å². The summed E-state index contributed by atoms with van der Waals surface area (Å²) in [6.07, 6.45) is 0.837. The van der Waals surface area contributed by atoms with Crippen LogP contribution in [0.5, 0.6) is 0 Å². The van der Waals surface area contributed by atoms with Crippen LogP contribution in [-0.2, 0) is 11.3 Å². The molecule has 2 aliphatic rings. The highest BCUT2D eigenvalue weighted by molar-refractivity contribution is 6.02. The smallest absolute Gasteiger partial charge is 0.273 e. The second-order valence-electron chi connectivity index (χ2n) is 6.47. The van der Waals surface area contributed by atoms with E-state index in [1.165, 1.54) is 35.0 Å². The zero-order valence-electron chi connectivity index (χ0n) is 13.9. The fraction of sp³-hybridized carbons (Fsp3) is 0.278. The molecule has 0 bridgehead atoms. The van der Waals surface area contributed by atoms with Gasteiger partial charge in [0, 0.05) is 6.20 Å². The molecule has 1 aromatic carbocycles. The zero-order valence-corrected chi connectivity index (χ0v) is 13.9. The van der Waals surface area contributed by atoms with Crippen LogP contribution in [0.15, 0.2) is 35.3 Å². The number of amides is 2.